The average molecular weight is 189 g/mol. The number of alkyl halides is 1. The van der Waals surface area contributed by atoms with Gasteiger partial charge in [-0.25, -0.2) is 4.98 Å². The van der Waals surface area contributed by atoms with Gasteiger partial charge in [-0.2, -0.15) is 0 Å². The molecule has 1 aromatic rings. The maximum Gasteiger partial charge on any atom is 0.304 e. The van der Waals surface area contributed by atoms with Gasteiger partial charge in [0.05, 0.1) is 5.88 Å². The first-order valence-corrected chi connectivity index (χ1v) is 3.53. The topological polar surface area (TPSA) is 86.2 Å². The summed E-state index contributed by atoms with van der Waals surface area (Å²) in [5.74, 6) is -0.989. The third-order valence-corrected chi connectivity index (χ3v) is 1.41. The number of rotatable bonds is 3. The fourth-order valence-electron chi connectivity index (χ4n) is 0.657. The highest BCUT2D eigenvalue weighted by Gasteiger charge is 2.14. The molecule has 0 aromatic carbocycles. The van der Waals surface area contributed by atoms with Crippen LogP contribution in [0.4, 0.5) is 0 Å². The van der Waals surface area contributed by atoms with Crippen LogP contribution >= 0.6 is 11.6 Å². The van der Waals surface area contributed by atoms with Gasteiger partial charge in [0.1, 0.15) is 5.69 Å². The van der Waals surface area contributed by atoms with E-state index in [1.165, 1.54) is 0 Å². The zero-order valence-electron chi connectivity index (χ0n) is 5.91. The molecule has 5 nitrogen and oxygen atoms in total. The van der Waals surface area contributed by atoms with Gasteiger partial charge in [-0.15, -0.1) is 11.6 Å². The first kappa shape index (κ1) is 8.73. The van der Waals surface area contributed by atoms with Crippen LogP contribution in [0.2, 0.25) is 0 Å². The summed E-state index contributed by atoms with van der Waals surface area (Å²) in [6.07, 6.45) is 0.452. The molecule has 1 heterocycles. The molecule has 64 valence electrons. The van der Waals surface area contributed by atoms with Gasteiger partial charge in [0.2, 0.25) is 0 Å². The largest absolute Gasteiger partial charge is 0.435 e. The number of aromatic nitrogens is 1. The monoisotopic (exact) mass is 188 g/mol. The Hall–Kier alpha value is -1.36. The van der Waals surface area contributed by atoms with Crippen molar-refractivity contribution < 1.29 is 14.0 Å². The fraction of sp³-hybridized carbons (Fsp3) is 0.167. The number of aldehydes is 1. The molecule has 0 radical (unpaired) electrons. The van der Waals surface area contributed by atoms with Gasteiger partial charge in [-0.1, -0.05) is 0 Å². The van der Waals surface area contributed by atoms with E-state index >= 15 is 0 Å². The molecule has 0 unspecified atom stereocenters. The number of carbonyl (C=O) groups is 2. The fourth-order valence-corrected chi connectivity index (χ4v) is 0.848. The first-order chi connectivity index (χ1) is 5.69. The van der Waals surface area contributed by atoms with Crippen LogP contribution in [0.5, 0.6) is 0 Å². The minimum atomic E-state index is -0.825. The lowest BCUT2D eigenvalue weighted by Gasteiger charge is -1.84. The number of primary amides is 1. The van der Waals surface area contributed by atoms with Gasteiger partial charge in [0.25, 0.3) is 5.89 Å². The third kappa shape index (κ3) is 1.45. The van der Waals surface area contributed by atoms with Crippen molar-refractivity contribution in [1.82, 2.24) is 4.98 Å². The molecule has 1 amide bonds. The van der Waals surface area contributed by atoms with Crippen molar-refractivity contribution in [3.8, 4) is 0 Å². The Morgan fingerprint density at radius 3 is 2.75 bits per heavy atom. The van der Waals surface area contributed by atoms with Crippen LogP contribution in [0.1, 0.15) is 26.9 Å². The predicted molar refractivity (Wildman–Crippen MR) is 40.0 cm³/mol. The van der Waals surface area contributed by atoms with E-state index in [9.17, 15) is 9.59 Å². The molecule has 0 fully saturated rings. The zero-order chi connectivity index (χ0) is 9.14. The normalized spacial score (nSPS) is 9.75. The van der Waals surface area contributed by atoms with Crippen LogP contribution in [0.25, 0.3) is 0 Å². The van der Waals surface area contributed by atoms with E-state index in [2.05, 4.69) is 4.98 Å². The van der Waals surface area contributed by atoms with E-state index in [0.29, 0.717) is 6.29 Å². The number of hydrogen-bond acceptors (Lipinski definition) is 4. The lowest BCUT2D eigenvalue weighted by molar-refractivity contribution is 0.0966. The lowest BCUT2D eigenvalue weighted by Crippen LogP contribution is -2.11. The Labute approximate surface area is 72.5 Å². The number of nitrogens with zero attached hydrogens (tertiary/aromatic N) is 1. The molecule has 0 bridgehead atoms. The summed E-state index contributed by atoms with van der Waals surface area (Å²) in [6.45, 7) is 0. The zero-order valence-corrected chi connectivity index (χ0v) is 6.67. The van der Waals surface area contributed by atoms with E-state index < -0.39 is 5.91 Å². The molecule has 0 aliphatic rings. The second-order valence-electron chi connectivity index (χ2n) is 1.94. The minimum absolute atomic E-state index is 0.0128. The SMILES string of the molecule is NC(=O)c1nc(C=O)c(CCl)o1. The quantitative estimate of drug-likeness (QED) is 0.547. The van der Waals surface area contributed by atoms with E-state index in [-0.39, 0.29) is 23.2 Å². The van der Waals surface area contributed by atoms with Crippen molar-refractivity contribution in [3.63, 3.8) is 0 Å². The maximum atomic E-state index is 10.5. The number of oxazole rings is 1. The summed E-state index contributed by atoms with van der Waals surface area (Å²) < 4.78 is 4.77. The molecule has 0 spiro atoms. The number of nitrogens with two attached hydrogens (primary N) is 1. The van der Waals surface area contributed by atoms with E-state index in [1.807, 2.05) is 0 Å². The highest BCUT2D eigenvalue weighted by atomic mass is 35.5. The molecule has 2 N–H and O–H groups in total. The molecular formula is C6H5ClN2O3. The minimum Gasteiger partial charge on any atom is -0.435 e. The Morgan fingerprint density at radius 2 is 2.42 bits per heavy atom. The Bertz CT molecular complexity index is 321. The van der Waals surface area contributed by atoms with Crippen molar-refractivity contribution in [3.05, 3.63) is 17.3 Å². The first-order valence-electron chi connectivity index (χ1n) is 2.99. The van der Waals surface area contributed by atoms with Gasteiger partial charge >= 0.3 is 5.91 Å². The molecule has 0 aliphatic carbocycles. The van der Waals surface area contributed by atoms with Gasteiger partial charge in [0, 0.05) is 0 Å². The van der Waals surface area contributed by atoms with Crippen LogP contribution in [0.3, 0.4) is 0 Å². The molecule has 1 rings (SSSR count). The Kier molecular flexibility index (Phi) is 2.44. The van der Waals surface area contributed by atoms with Crippen LogP contribution in [-0.4, -0.2) is 17.2 Å². The third-order valence-electron chi connectivity index (χ3n) is 1.17. The standard InChI is InChI=1S/C6H5ClN2O3/c7-1-4-3(2-10)9-6(12-4)5(8)11/h2H,1H2,(H2,8,11). The second kappa shape index (κ2) is 3.36. The van der Waals surface area contributed by atoms with Crippen molar-refractivity contribution in [2.24, 2.45) is 5.73 Å². The number of amides is 1. The summed E-state index contributed by atoms with van der Waals surface area (Å²) in [7, 11) is 0. The molecular weight excluding hydrogens is 184 g/mol. The highest BCUT2D eigenvalue weighted by molar-refractivity contribution is 6.17. The number of hydrogen-bond donors (Lipinski definition) is 1. The summed E-state index contributed by atoms with van der Waals surface area (Å²) in [5.41, 5.74) is 4.86. The van der Waals surface area contributed by atoms with Crippen molar-refractivity contribution in [2.45, 2.75) is 5.88 Å². The van der Waals surface area contributed by atoms with Crippen molar-refractivity contribution >= 4 is 23.8 Å². The molecule has 6 heteroatoms. The molecule has 0 saturated carbocycles. The summed E-state index contributed by atoms with van der Waals surface area (Å²) >= 11 is 5.38. The Morgan fingerprint density at radius 1 is 1.75 bits per heavy atom. The number of halogens is 1. The van der Waals surface area contributed by atoms with Gasteiger partial charge < -0.3 is 10.2 Å². The Balaban J connectivity index is 3.13. The van der Waals surface area contributed by atoms with Gasteiger partial charge in [-0.3, -0.25) is 9.59 Å². The molecule has 0 aliphatic heterocycles. The highest BCUT2D eigenvalue weighted by Crippen LogP contribution is 2.11. The average Bonchev–Trinajstić information content (AvgIpc) is 2.46. The van der Waals surface area contributed by atoms with Crippen LogP contribution in [0.15, 0.2) is 4.42 Å². The smallest absolute Gasteiger partial charge is 0.304 e. The van der Waals surface area contributed by atoms with Crippen LogP contribution < -0.4 is 5.73 Å². The van der Waals surface area contributed by atoms with Crippen molar-refractivity contribution in [2.75, 3.05) is 0 Å². The van der Waals surface area contributed by atoms with E-state index in [1.54, 1.807) is 0 Å². The maximum absolute atomic E-state index is 10.5. The van der Waals surface area contributed by atoms with Gasteiger partial charge in [0.15, 0.2) is 12.0 Å². The lowest BCUT2D eigenvalue weighted by atomic mass is 10.4. The van der Waals surface area contributed by atoms with E-state index in [4.69, 9.17) is 21.8 Å². The second-order valence-corrected chi connectivity index (χ2v) is 2.21. The van der Waals surface area contributed by atoms with Crippen LogP contribution in [0, 0.1) is 0 Å². The molecule has 0 saturated heterocycles. The van der Waals surface area contributed by atoms with E-state index in [0.717, 1.165) is 0 Å². The van der Waals surface area contributed by atoms with Gasteiger partial charge in [-0.05, 0) is 0 Å². The summed E-state index contributed by atoms with van der Waals surface area (Å²) in [6, 6.07) is 0. The summed E-state index contributed by atoms with van der Waals surface area (Å²) in [5, 5.41) is 0. The molecule has 12 heavy (non-hydrogen) atoms. The van der Waals surface area contributed by atoms with Crippen LogP contribution in [-0.2, 0) is 5.88 Å². The molecule has 0 atom stereocenters. The molecule has 1 aromatic heterocycles. The summed E-state index contributed by atoms with van der Waals surface area (Å²) in [4.78, 5) is 24.3. The number of carbonyl (C=O) groups excluding carboxylic acids is 2. The predicted octanol–water partition coefficient (Wildman–Crippen LogP) is 0.325. The van der Waals surface area contributed by atoms with Crippen molar-refractivity contribution in [1.29, 1.82) is 0 Å².